The summed E-state index contributed by atoms with van der Waals surface area (Å²) in [6.45, 7) is 21.0. The average molecular weight is 590 g/mol. The summed E-state index contributed by atoms with van der Waals surface area (Å²) in [5.74, 6) is 0.203. The minimum atomic E-state index is 0.00364. The zero-order valence-electron chi connectivity index (χ0n) is 27.0. The van der Waals surface area contributed by atoms with Crippen LogP contribution in [0.2, 0.25) is 0 Å². The van der Waals surface area contributed by atoms with E-state index in [9.17, 15) is 9.59 Å². The second kappa shape index (κ2) is 19.6. The second-order valence-corrected chi connectivity index (χ2v) is 11.8. The molecule has 0 aliphatic carbocycles. The molecule has 0 bridgehead atoms. The first kappa shape index (κ1) is 36.5. The van der Waals surface area contributed by atoms with Crippen LogP contribution in [0.1, 0.15) is 114 Å². The fourth-order valence-corrected chi connectivity index (χ4v) is 5.71. The molecule has 2 heterocycles. The van der Waals surface area contributed by atoms with E-state index in [0.29, 0.717) is 25.4 Å². The van der Waals surface area contributed by atoms with Crippen molar-refractivity contribution in [3.63, 3.8) is 0 Å². The molecule has 232 valence electrons. The van der Waals surface area contributed by atoms with Crippen molar-refractivity contribution in [2.75, 3.05) is 26.2 Å². The molecular formula is C32H55N5O3S. The normalized spacial score (nSPS) is 16.5. The Balaban J connectivity index is 0.000000646. The van der Waals surface area contributed by atoms with Crippen LogP contribution in [0.3, 0.4) is 0 Å². The number of aryl methyl sites for hydroxylation is 1. The standard InChI is InChI=1S/C24H38N4OS.C8H17NO2/c1-9-19(10-2)28-15-18(8)22(23(28)26-16(5)6)25-14-21-17(7)13-20(30-21)24(29)27(11-3)12-4;1-2-3-5-8(11)9-6-4-7-10/h13-15,19,22-23H,9-12H2,1-8H3;10H,2-7H2,1H3,(H,9,11). The van der Waals surface area contributed by atoms with E-state index in [1.165, 1.54) is 16.9 Å². The molecule has 0 saturated heterocycles. The molecule has 1 aromatic heterocycles. The topological polar surface area (TPSA) is 97.6 Å². The van der Waals surface area contributed by atoms with Crippen molar-refractivity contribution in [1.29, 1.82) is 0 Å². The Kier molecular flexibility index (Phi) is 17.4. The zero-order valence-corrected chi connectivity index (χ0v) is 27.8. The Labute approximate surface area is 253 Å². The molecule has 1 aromatic rings. The van der Waals surface area contributed by atoms with E-state index >= 15 is 0 Å². The number of aliphatic imine (C=N–C) groups is 2. The summed E-state index contributed by atoms with van der Waals surface area (Å²) < 4.78 is 0. The number of carbonyl (C=O) groups excluding carboxylic acids is 2. The van der Waals surface area contributed by atoms with Crippen molar-refractivity contribution in [3.8, 4) is 0 Å². The Hall–Kier alpha value is -2.52. The van der Waals surface area contributed by atoms with Gasteiger partial charge in [-0.1, -0.05) is 27.2 Å². The molecule has 0 aromatic carbocycles. The van der Waals surface area contributed by atoms with Gasteiger partial charge in [-0.15, -0.1) is 11.3 Å². The fraction of sp³-hybridized carbons (Fsp3) is 0.688. The van der Waals surface area contributed by atoms with E-state index in [-0.39, 0.29) is 30.6 Å². The number of thiophene rings is 1. The maximum Gasteiger partial charge on any atom is 0.263 e. The maximum absolute atomic E-state index is 12.7. The molecule has 0 saturated carbocycles. The van der Waals surface area contributed by atoms with Gasteiger partial charge >= 0.3 is 0 Å². The van der Waals surface area contributed by atoms with Gasteiger partial charge in [0, 0.05) is 61.7 Å². The SMILES string of the molecule is CCC(CC)N1C=C(C)C(N=Cc2sc(C(=O)N(CC)CC)cc2C)C1N=C(C)C.CCCCC(=O)NCCCO. The molecule has 2 atom stereocenters. The van der Waals surface area contributed by atoms with Crippen molar-refractivity contribution < 1.29 is 14.7 Å². The van der Waals surface area contributed by atoms with Crippen LogP contribution in [0, 0.1) is 6.92 Å². The van der Waals surface area contributed by atoms with E-state index in [1.54, 1.807) is 0 Å². The lowest BCUT2D eigenvalue weighted by atomic mass is 10.1. The number of rotatable bonds is 15. The van der Waals surface area contributed by atoms with E-state index < -0.39 is 0 Å². The summed E-state index contributed by atoms with van der Waals surface area (Å²) >= 11 is 1.53. The van der Waals surface area contributed by atoms with Gasteiger partial charge in [0.15, 0.2) is 0 Å². The molecule has 1 aliphatic heterocycles. The Morgan fingerprint density at radius 2 is 1.78 bits per heavy atom. The number of amides is 2. The maximum atomic E-state index is 12.7. The van der Waals surface area contributed by atoms with Gasteiger partial charge < -0.3 is 20.2 Å². The van der Waals surface area contributed by atoms with Gasteiger partial charge in [0.05, 0.1) is 4.88 Å². The summed E-state index contributed by atoms with van der Waals surface area (Å²) in [5.41, 5.74) is 3.41. The van der Waals surface area contributed by atoms with Gasteiger partial charge in [0.1, 0.15) is 12.2 Å². The Morgan fingerprint density at radius 3 is 2.32 bits per heavy atom. The van der Waals surface area contributed by atoms with Crippen LogP contribution in [0.15, 0.2) is 27.8 Å². The molecule has 1 aliphatic rings. The van der Waals surface area contributed by atoms with Crippen LogP contribution in [-0.4, -0.2) is 83.1 Å². The summed E-state index contributed by atoms with van der Waals surface area (Å²) in [6, 6.07) is 2.46. The first-order chi connectivity index (χ1) is 19.6. The van der Waals surface area contributed by atoms with Crippen LogP contribution in [0.25, 0.3) is 0 Å². The number of nitrogens with one attached hydrogen (secondary N) is 1. The quantitative estimate of drug-likeness (QED) is 0.188. The number of hydrogen-bond donors (Lipinski definition) is 2. The van der Waals surface area contributed by atoms with E-state index in [4.69, 9.17) is 15.1 Å². The highest BCUT2D eigenvalue weighted by molar-refractivity contribution is 7.15. The highest BCUT2D eigenvalue weighted by Gasteiger charge is 2.35. The molecule has 9 heteroatoms. The van der Waals surface area contributed by atoms with E-state index in [0.717, 1.165) is 59.8 Å². The largest absolute Gasteiger partial charge is 0.396 e. The second-order valence-electron chi connectivity index (χ2n) is 10.7. The number of aliphatic hydroxyl groups excluding tert-OH is 1. The fourth-order valence-electron chi connectivity index (χ4n) is 4.69. The average Bonchev–Trinajstić information content (AvgIpc) is 3.46. The molecule has 0 fully saturated rings. The predicted molar refractivity (Wildman–Crippen MR) is 174 cm³/mol. The van der Waals surface area contributed by atoms with Crippen molar-refractivity contribution in [2.45, 2.75) is 119 Å². The Bertz CT molecular complexity index is 1020. The Morgan fingerprint density at radius 1 is 1.12 bits per heavy atom. The van der Waals surface area contributed by atoms with Crippen LogP contribution in [0.5, 0.6) is 0 Å². The molecule has 8 nitrogen and oxygen atoms in total. The number of carbonyl (C=O) groups is 2. The first-order valence-electron chi connectivity index (χ1n) is 15.3. The third-order valence-electron chi connectivity index (χ3n) is 7.15. The third kappa shape index (κ3) is 11.7. The van der Waals surface area contributed by atoms with Crippen LogP contribution < -0.4 is 5.32 Å². The monoisotopic (exact) mass is 589 g/mol. The number of unbranched alkanes of at least 4 members (excludes halogenated alkanes) is 1. The van der Waals surface area contributed by atoms with E-state index in [1.807, 2.05) is 44.9 Å². The molecule has 41 heavy (non-hydrogen) atoms. The lowest BCUT2D eigenvalue weighted by Crippen LogP contribution is -2.40. The van der Waals surface area contributed by atoms with Crippen molar-refractivity contribution >= 4 is 35.1 Å². The molecule has 0 radical (unpaired) electrons. The third-order valence-corrected chi connectivity index (χ3v) is 8.31. The summed E-state index contributed by atoms with van der Waals surface area (Å²) in [7, 11) is 0. The smallest absolute Gasteiger partial charge is 0.263 e. The highest BCUT2D eigenvalue weighted by atomic mass is 32.1. The van der Waals surface area contributed by atoms with Crippen molar-refractivity contribution in [2.24, 2.45) is 9.98 Å². The van der Waals surface area contributed by atoms with Gasteiger partial charge in [-0.3, -0.25) is 19.6 Å². The minimum Gasteiger partial charge on any atom is -0.396 e. The van der Waals surface area contributed by atoms with Crippen LogP contribution >= 0.6 is 11.3 Å². The molecule has 2 rings (SSSR count). The van der Waals surface area contributed by atoms with Crippen molar-refractivity contribution in [1.82, 2.24) is 15.1 Å². The van der Waals surface area contributed by atoms with Gasteiger partial charge in [-0.2, -0.15) is 0 Å². The summed E-state index contributed by atoms with van der Waals surface area (Å²) in [4.78, 5) is 39.6. The number of aliphatic hydroxyl groups is 1. The zero-order chi connectivity index (χ0) is 30.9. The molecule has 0 spiro atoms. The number of nitrogens with zero attached hydrogens (tertiary/aromatic N) is 4. The molecule has 2 N–H and O–H groups in total. The van der Waals surface area contributed by atoms with E-state index in [2.05, 4.69) is 51.0 Å². The lowest BCUT2D eigenvalue weighted by molar-refractivity contribution is -0.121. The van der Waals surface area contributed by atoms with Crippen molar-refractivity contribution in [3.05, 3.63) is 33.2 Å². The van der Waals surface area contributed by atoms with Gasteiger partial charge in [0.25, 0.3) is 5.91 Å². The van der Waals surface area contributed by atoms with Crippen LogP contribution in [-0.2, 0) is 4.79 Å². The number of hydrogen-bond acceptors (Lipinski definition) is 7. The first-order valence-corrected chi connectivity index (χ1v) is 16.2. The van der Waals surface area contributed by atoms with Gasteiger partial charge in [-0.05, 0) is 84.4 Å². The predicted octanol–water partition coefficient (Wildman–Crippen LogP) is 6.22. The molecule has 2 unspecified atom stereocenters. The van der Waals surface area contributed by atoms with Gasteiger partial charge in [0.2, 0.25) is 5.91 Å². The lowest BCUT2D eigenvalue weighted by Gasteiger charge is -2.32. The molecule has 2 amide bonds. The molecular weight excluding hydrogens is 534 g/mol. The highest BCUT2D eigenvalue weighted by Crippen LogP contribution is 2.31. The summed E-state index contributed by atoms with van der Waals surface area (Å²) in [5, 5.41) is 11.1. The minimum absolute atomic E-state index is 0.00364. The van der Waals surface area contributed by atoms with Crippen LogP contribution in [0.4, 0.5) is 0 Å². The summed E-state index contributed by atoms with van der Waals surface area (Å²) in [6.07, 6.45) is 9.64. The van der Waals surface area contributed by atoms with Gasteiger partial charge in [-0.25, -0.2) is 0 Å².